The fourth-order valence-corrected chi connectivity index (χ4v) is 2.99. The van der Waals surface area contributed by atoms with Gasteiger partial charge in [-0.3, -0.25) is 0 Å². The van der Waals surface area contributed by atoms with Crippen LogP contribution in [0.1, 0.15) is 25.2 Å². The first-order valence-electron chi connectivity index (χ1n) is 6.75. The fraction of sp³-hybridized carbons (Fsp3) is 0.500. The highest BCUT2D eigenvalue weighted by Crippen LogP contribution is 2.33. The van der Waals surface area contributed by atoms with Crippen LogP contribution in [0, 0.1) is 0 Å². The summed E-state index contributed by atoms with van der Waals surface area (Å²) in [5.41, 5.74) is 1.28. The van der Waals surface area contributed by atoms with Crippen LogP contribution in [0.3, 0.4) is 0 Å². The van der Waals surface area contributed by atoms with Gasteiger partial charge >= 0.3 is 0 Å². The summed E-state index contributed by atoms with van der Waals surface area (Å²) < 4.78 is 11.4. The molecule has 1 N–H and O–H groups in total. The fourth-order valence-electron chi connectivity index (χ4n) is 2.46. The van der Waals surface area contributed by atoms with Crippen molar-refractivity contribution in [3.05, 3.63) is 28.1 Å². The number of hydrogen-bond acceptors (Lipinski definition) is 4. The van der Waals surface area contributed by atoms with Gasteiger partial charge in [0.1, 0.15) is 5.52 Å². The summed E-state index contributed by atoms with van der Waals surface area (Å²) in [6.45, 7) is 4.38. The van der Waals surface area contributed by atoms with Gasteiger partial charge in [0.15, 0.2) is 5.58 Å². The van der Waals surface area contributed by atoms with Crippen molar-refractivity contribution in [3.63, 3.8) is 0 Å². The topological polar surface area (TPSA) is 47.3 Å². The summed E-state index contributed by atoms with van der Waals surface area (Å²) >= 11 is 12.1. The molecule has 2 aromatic rings. The Hall–Kier alpha value is -0.810. The van der Waals surface area contributed by atoms with Crippen molar-refractivity contribution in [2.24, 2.45) is 0 Å². The van der Waals surface area contributed by atoms with Gasteiger partial charge < -0.3 is 14.5 Å². The molecule has 1 aliphatic rings. The third-order valence-corrected chi connectivity index (χ3v) is 3.98. The molecular weight excluding hydrogens is 299 g/mol. The molecule has 1 aromatic heterocycles. The number of halogens is 2. The van der Waals surface area contributed by atoms with Gasteiger partial charge in [-0.05, 0) is 25.1 Å². The molecule has 0 saturated carbocycles. The van der Waals surface area contributed by atoms with Crippen molar-refractivity contribution in [2.75, 3.05) is 19.8 Å². The SMILES string of the molecule is CCCNC1COCC1c1nc2cc(Cl)cc(Cl)c2o1. The maximum atomic E-state index is 6.14. The molecule has 0 bridgehead atoms. The molecule has 0 spiro atoms. The molecule has 1 aromatic carbocycles. The maximum absolute atomic E-state index is 6.14. The summed E-state index contributed by atoms with van der Waals surface area (Å²) in [7, 11) is 0. The average molecular weight is 315 g/mol. The first-order chi connectivity index (χ1) is 9.69. The molecule has 6 heteroatoms. The Morgan fingerprint density at radius 1 is 1.35 bits per heavy atom. The van der Waals surface area contributed by atoms with E-state index in [-0.39, 0.29) is 12.0 Å². The minimum Gasteiger partial charge on any atom is -0.439 e. The molecule has 1 aliphatic heterocycles. The van der Waals surface area contributed by atoms with E-state index in [9.17, 15) is 0 Å². The predicted molar refractivity (Wildman–Crippen MR) is 79.7 cm³/mol. The van der Waals surface area contributed by atoms with Crippen LogP contribution in [0.5, 0.6) is 0 Å². The molecule has 0 amide bonds. The number of ether oxygens (including phenoxy) is 1. The van der Waals surface area contributed by atoms with Crippen molar-refractivity contribution in [1.82, 2.24) is 10.3 Å². The molecule has 2 unspecified atom stereocenters. The van der Waals surface area contributed by atoms with Crippen LogP contribution in [0.15, 0.2) is 16.5 Å². The highest BCUT2D eigenvalue weighted by molar-refractivity contribution is 6.37. The lowest BCUT2D eigenvalue weighted by Crippen LogP contribution is -2.34. The van der Waals surface area contributed by atoms with E-state index in [1.165, 1.54) is 0 Å². The van der Waals surface area contributed by atoms with E-state index in [0.717, 1.165) is 13.0 Å². The van der Waals surface area contributed by atoms with Gasteiger partial charge in [0, 0.05) is 11.1 Å². The Morgan fingerprint density at radius 3 is 3.00 bits per heavy atom. The van der Waals surface area contributed by atoms with Crippen molar-refractivity contribution in [1.29, 1.82) is 0 Å². The normalized spacial score (nSPS) is 22.8. The predicted octanol–water partition coefficient (Wildman–Crippen LogP) is 3.62. The molecule has 1 fully saturated rings. The smallest absolute Gasteiger partial charge is 0.202 e. The number of nitrogens with zero attached hydrogens (tertiary/aromatic N) is 1. The zero-order valence-electron chi connectivity index (χ0n) is 11.2. The van der Waals surface area contributed by atoms with Gasteiger partial charge in [-0.2, -0.15) is 0 Å². The average Bonchev–Trinajstić information content (AvgIpc) is 3.01. The molecule has 20 heavy (non-hydrogen) atoms. The molecule has 0 aliphatic carbocycles. The quantitative estimate of drug-likeness (QED) is 0.936. The number of benzene rings is 1. The van der Waals surface area contributed by atoms with E-state index in [1.807, 2.05) is 0 Å². The van der Waals surface area contributed by atoms with Crippen LogP contribution in [0.25, 0.3) is 11.1 Å². The van der Waals surface area contributed by atoms with E-state index in [1.54, 1.807) is 12.1 Å². The molecule has 108 valence electrons. The minimum absolute atomic E-state index is 0.115. The lowest BCUT2D eigenvalue weighted by molar-refractivity contribution is 0.186. The molecular formula is C14H16Cl2N2O2. The van der Waals surface area contributed by atoms with Gasteiger partial charge in [-0.25, -0.2) is 4.98 Å². The lowest BCUT2D eigenvalue weighted by atomic mass is 10.0. The number of nitrogens with one attached hydrogen (secondary N) is 1. The maximum Gasteiger partial charge on any atom is 0.202 e. The van der Waals surface area contributed by atoms with Crippen molar-refractivity contribution < 1.29 is 9.15 Å². The van der Waals surface area contributed by atoms with E-state index < -0.39 is 0 Å². The second-order valence-corrected chi connectivity index (χ2v) is 5.84. The van der Waals surface area contributed by atoms with Crippen LogP contribution in [0.2, 0.25) is 10.0 Å². The number of oxazole rings is 1. The van der Waals surface area contributed by atoms with Crippen LogP contribution < -0.4 is 5.32 Å². The molecule has 0 radical (unpaired) electrons. The number of rotatable bonds is 4. The zero-order chi connectivity index (χ0) is 14.1. The van der Waals surface area contributed by atoms with E-state index in [0.29, 0.717) is 40.2 Å². The summed E-state index contributed by atoms with van der Waals surface area (Å²) in [5, 5.41) is 4.52. The third-order valence-electron chi connectivity index (χ3n) is 3.48. The number of aromatic nitrogens is 1. The summed E-state index contributed by atoms with van der Waals surface area (Å²) in [5.74, 6) is 0.777. The Kier molecular flexibility index (Phi) is 4.17. The highest BCUT2D eigenvalue weighted by Gasteiger charge is 2.33. The molecule has 3 rings (SSSR count). The molecule has 4 nitrogen and oxygen atoms in total. The lowest BCUT2D eigenvalue weighted by Gasteiger charge is -2.15. The summed E-state index contributed by atoms with van der Waals surface area (Å²) in [6.07, 6.45) is 1.08. The summed E-state index contributed by atoms with van der Waals surface area (Å²) in [6, 6.07) is 3.66. The summed E-state index contributed by atoms with van der Waals surface area (Å²) in [4.78, 5) is 4.52. The van der Waals surface area contributed by atoms with Crippen LogP contribution in [-0.2, 0) is 4.74 Å². The standard InChI is InChI=1S/C14H16Cl2N2O2/c1-2-3-17-12-7-19-6-9(12)14-18-11-5-8(15)4-10(16)13(11)20-14/h4-5,9,12,17H,2-3,6-7H2,1H3. The monoisotopic (exact) mass is 314 g/mol. The minimum atomic E-state index is 0.115. The Bertz CT molecular complexity index is 614. The van der Waals surface area contributed by atoms with Crippen molar-refractivity contribution in [3.8, 4) is 0 Å². The van der Waals surface area contributed by atoms with Crippen LogP contribution in [-0.4, -0.2) is 30.8 Å². The second-order valence-electron chi connectivity index (χ2n) is 4.99. The second kappa shape index (κ2) is 5.90. The van der Waals surface area contributed by atoms with Crippen molar-refractivity contribution >= 4 is 34.3 Å². The molecule has 1 saturated heterocycles. The first kappa shape index (κ1) is 14.1. The van der Waals surface area contributed by atoms with Gasteiger partial charge in [-0.15, -0.1) is 0 Å². The van der Waals surface area contributed by atoms with Crippen LogP contribution in [0.4, 0.5) is 0 Å². The van der Waals surface area contributed by atoms with Crippen LogP contribution >= 0.6 is 23.2 Å². The third kappa shape index (κ3) is 2.66. The van der Waals surface area contributed by atoms with E-state index in [4.69, 9.17) is 32.4 Å². The zero-order valence-corrected chi connectivity index (χ0v) is 12.7. The van der Waals surface area contributed by atoms with Crippen molar-refractivity contribution in [2.45, 2.75) is 25.3 Å². The molecule has 2 atom stereocenters. The van der Waals surface area contributed by atoms with Gasteiger partial charge in [-0.1, -0.05) is 30.1 Å². The Labute approximate surface area is 127 Å². The van der Waals surface area contributed by atoms with E-state index in [2.05, 4.69) is 17.2 Å². The highest BCUT2D eigenvalue weighted by atomic mass is 35.5. The Morgan fingerprint density at radius 2 is 2.20 bits per heavy atom. The van der Waals surface area contributed by atoms with Gasteiger partial charge in [0.2, 0.25) is 5.89 Å². The molecule has 2 heterocycles. The number of hydrogen-bond donors (Lipinski definition) is 1. The van der Waals surface area contributed by atoms with Gasteiger partial charge in [0.05, 0.1) is 24.2 Å². The Balaban J connectivity index is 1.91. The largest absolute Gasteiger partial charge is 0.439 e. The number of fused-ring (bicyclic) bond motifs is 1. The van der Waals surface area contributed by atoms with E-state index >= 15 is 0 Å². The van der Waals surface area contributed by atoms with Gasteiger partial charge in [0.25, 0.3) is 0 Å². The first-order valence-corrected chi connectivity index (χ1v) is 7.51.